The van der Waals surface area contributed by atoms with Gasteiger partial charge in [-0.15, -0.1) is 22.7 Å². The van der Waals surface area contributed by atoms with Crippen molar-refractivity contribution in [1.82, 2.24) is 4.98 Å². The molecule has 0 radical (unpaired) electrons. The molecular weight excluding hydrogens is 454 g/mol. The number of rotatable bonds is 3. The highest BCUT2D eigenvalue weighted by atomic mass is 32.1. The van der Waals surface area contributed by atoms with E-state index < -0.39 is 0 Å². The van der Waals surface area contributed by atoms with Gasteiger partial charge in [-0.1, -0.05) is 40.7 Å². The lowest BCUT2D eigenvalue weighted by Crippen LogP contribution is -2.11. The first-order valence-electron chi connectivity index (χ1n) is 12.0. The van der Waals surface area contributed by atoms with Gasteiger partial charge in [-0.25, -0.2) is 0 Å². The summed E-state index contributed by atoms with van der Waals surface area (Å²) < 4.78 is 9.17. The molecule has 0 aliphatic rings. The second-order valence-corrected chi connectivity index (χ2v) is 12.9. The number of hydrogen-bond acceptors (Lipinski definition) is 4. The second kappa shape index (κ2) is 7.66. The molecule has 2 aromatic carbocycles. The van der Waals surface area contributed by atoms with Crippen LogP contribution in [0, 0.1) is 12.8 Å². The summed E-state index contributed by atoms with van der Waals surface area (Å²) in [6.45, 7) is 13.7. The first kappa shape index (κ1) is 21.8. The van der Waals surface area contributed by atoms with Crippen LogP contribution in [0.5, 0.6) is 0 Å². The molecule has 0 aliphatic carbocycles. The van der Waals surface area contributed by atoms with Crippen molar-refractivity contribution in [3.63, 3.8) is 0 Å². The van der Waals surface area contributed by atoms with Crippen LogP contribution in [0.3, 0.4) is 0 Å². The van der Waals surface area contributed by atoms with Gasteiger partial charge in [0.1, 0.15) is 5.58 Å². The van der Waals surface area contributed by atoms with Gasteiger partial charge < -0.3 is 4.42 Å². The lowest BCUT2D eigenvalue weighted by Gasteiger charge is -2.21. The van der Waals surface area contributed by atoms with Crippen molar-refractivity contribution in [3.05, 3.63) is 64.0 Å². The molecule has 0 spiro atoms. The lowest BCUT2D eigenvalue weighted by atomic mass is 9.85. The van der Waals surface area contributed by atoms with Gasteiger partial charge >= 0.3 is 0 Å². The average Bonchev–Trinajstić information content (AvgIpc) is 3.47. The van der Waals surface area contributed by atoms with Crippen LogP contribution in [0.15, 0.2) is 52.4 Å². The van der Waals surface area contributed by atoms with Crippen molar-refractivity contribution < 1.29 is 4.42 Å². The van der Waals surface area contributed by atoms with Gasteiger partial charge in [-0.3, -0.25) is 4.98 Å². The Balaban J connectivity index is 1.65. The summed E-state index contributed by atoms with van der Waals surface area (Å²) in [5.74, 6) is 0.628. The monoisotopic (exact) mass is 483 g/mol. The second-order valence-electron chi connectivity index (χ2n) is 10.8. The molecular formula is C30H29NOS2. The number of aromatic nitrogens is 1. The molecule has 4 heteroatoms. The van der Waals surface area contributed by atoms with E-state index in [2.05, 4.69) is 77.3 Å². The number of pyridine rings is 1. The predicted molar refractivity (Wildman–Crippen MR) is 150 cm³/mol. The number of furan rings is 1. The van der Waals surface area contributed by atoms with E-state index >= 15 is 0 Å². The van der Waals surface area contributed by atoms with Crippen molar-refractivity contribution in [2.45, 2.75) is 53.4 Å². The van der Waals surface area contributed by atoms with Gasteiger partial charge in [0, 0.05) is 26.7 Å². The fourth-order valence-electron chi connectivity index (χ4n) is 5.16. The SMILES string of the molecule is Cc1sc2c(ccc3c2oc2ccnc(-c4cc(C(C)(C)C)c5sccc5c4)c23)c1CC(C)C. The Kier molecular flexibility index (Phi) is 4.91. The largest absolute Gasteiger partial charge is 0.454 e. The molecule has 4 aromatic heterocycles. The fourth-order valence-corrected chi connectivity index (χ4v) is 7.43. The number of hydrogen-bond donors (Lipinski definition) is 0. The van der Waals surface area contributed by atoms with Gasteiger partial charge in [-0.2, -0.15) is 0 Å². The smallest absolute Gasteiger partial charge is 0.153 e. The van der Waals surface area contributed by atoms with E-state index in [1.54, 1.807) is 0 Å². The van der Waals surface area contributed by atoms with Crippen molar-refractivity contribution in [1.29, 1.82) is 0 Å². The zero-order valence-electron chi connectivity index (χ0n) is 20.6. The molecule has 0 aliphatic heterocycles. The van der Waals surface area contributed by atoms with Crippen LogP contribution in [0.4, 0.5) is 0 Å². The summed E-state index contributed by atoms with van der Waals surface area (Å²) in [5, 5.41) is 7.09. The predicted octanol–water partition coefficient (Wildman–Crippen LogP) is 9.88. The minimum absolute atomic E-state index is 0.0545. The summed E-state index contributed by atoms with van der Waals surface area (Å²) in [6, 6.07) is 13.4. The molecule has 0 atom stereocenters. The average molecular weight is 484 g/mol. The van der Waals surface area contributed by atoms with Crippen LogP contribution < -0.4 is 0 Å². The van der Waals surface area contributed by atoms with Crippen LogP contribution >= 0.6 is 22.7 Å². The Hall–Kier alpha value is -2.69. The topological polar surface area (TPSA) is 26.0 Å². The number of aryl methyl sites for hydroxylation is 1. The molecule has 6 aromatic rings. The lowest BCUT2D eigenvalue weighted by molar-refractivity contribution is 0.597. The maximum atomic E-state index is 6.54. The number of thiophene rings is 2. The van der Waals surface area contributed by atoms with E-state index in [4.69, 9.17) is 9.40 Å². The maximum Gasteiger partial charge on any atom is 0.153 e. The van der Waals surface area contributed by atoms with Crippen LogP contribution in [0.25, 0.3) is 53.4 Å². The van der Waals surface area contributed by atoms with Gasteiger partial charge in [0.15, 0.2) is 5.58 Å². The van der Waals surface area contributed by atoms with Gasteiger partial charge in [-0.05, 0) is 82.3 Å². The summed E-state index contributed by atoms with van der Waals surface area (Å²) in [5.41, 5.74) is 6.96. The van der Waals surface area contributed by atoms with Gasteiger partial charge in [0.2, 0.25) is 0 Å². The molecule has 34 heavy (non-hydrogen) atoms. The quantitative estimate of drug-likeness (QED) is 0.250. The minimum atomic E-state index is 0.0545. The van der Waals surface area contributed by atoms with Crippen molar-refractivity contribution in [2.75, 3.05) is 0 Å². The standard InChI is InChI=1S/C30H29NOS2/c1-16(2)13-22-17(3)34-29-20(22)7-8-21-25-24(32-27(21)29)9-11-31-26(25)19-14-18-10-12-33-28(18)23(15-19)30(4,5)6/h7-12,14-16H,13H2,1-6H3. The van der Waals surface area contributed by atoms with E-state index in [0.717, 1.165) is 39.6 Å². The fraction of sp³-hybridized carbons (Fsp3) is 0.300. The normalized spacial score (nSPS) is 12.8. The Bertz CT molecular complexity index is 1710. The zero-order valence-corrected chi connectivity index (χ0v) is 22.2. The van der Waals surface area contributed by atoms with Crippen LogP contribution in [0.2, 0.25) is 0 Å². The molecule has 0 fully saturated rings. The van der Waals surface area contributed by atoms with Crippen LogP contribution in [-0.4, -0.2) is 4.98 Å². The molecule has 0 saturated carbocycles. The highest BCUT2D eigenvalue weighted by Gasteiger charge is 2.23. The Morgan fingerprint density at radius 2 is 1.79 bits per heavy atom. The third-order valence-electron chi connectivity index (χ3n) is 6.76. The highest BCUT2D eigenvalue weighted by Crippen LogP contribution is 2.44. The highest BCUT2D eigenvalue weighted by molar-refractivity contribution is 7.20. The molecule has 0 amide bonds. The Morgan fingerprint density at radius 1 is 1.00 bits per heavy atom. The third-order valence-corrected chi connectivity index (χ3v) is 8.88. The molecule has 4 heterocycles. The summed E-state index contributed by atoms with van der Waals surface area (Å²) in [7, 11) is 0. The number of nitrogens with zero attached hydrogens (tertiary/aromatic N) is 1. The van der Waals surface area contributed by atoms with E-state index in [-0.39, 0.29) is 5.41 Å². The van der Waals surface area contributed by atoms with E-state index in [9.17, 15) is 0 Å². The van der Waals surface area contributed by atoms with Crippen molar-refractivity contribution in [2.24, 2.45) is 5.92 Å². The van der Waals surface area contributed by atoms with Crippen LogP contribution in [0.1, 0.15) is 50.6 Å². The maximum absolute atomic E-state index is 6.54. The third kappa shape index (κ3) is 3.30. The first-order valence-corrected chi connectivity index (χ1v) is 13.7. The molecule has 0 bridgehead atoms. The van der Waals surface area contributed by atoms with E-state index in [1.807, 2.05) is 34.9 Å². The van der Waals surface area contributed by atoms with Crippen molar-refractivity contribution in [3.8, 4) is 11.3 Å². The van der Waals surface area contributed by atoms with Crippen molar-refractivity contribution >= 4 is 64.8 Å². The molecule has 0 unspecified atom stereocenters. The van der Waals surface area contributed by atoms with Crippen LogP contribution in [-0.2, 0) is 11.8 Å². The summed E-state index contributed by atoms with van der Waals surface area (Å²) >= 11 is 3.69. The Labute approximate surface area is 208 Å². The van der Waals surface area contributed by atoms with E-state index in [0.29, 0.717) is 5.92 Å². The summed E-state index contributed by atoms with van der Waals surface area (Å²) in [4.78, 5) is 6.30. The minimum Gasteiger partial charge on any atom is -0.454 e. The molecule has 6 rings (SSSR count). The van der Waals surface area contributed by atoms with Gasteiger partial charge in [0.05, 0.1) is 15.8 Å². The Morgan fingerprint density at radius 3 is 2.56 bits per heavy atom. The summed E-state index contributed by atoms with van der Waals surface area (Å²) in [6.07, 6.45) is 2.98. The zero-order chi connectivity index (χ0) is 23.8. The first-order chi connectivity index (χ1) is 16.2. The van der Waals surface area contributed by atoms with Gasteiger partial charge in [0.25, 0.3) is 0 Å². The molecule has 2 nitrogen and oxygen atoms in total. The number of fused-ring (bicyclic) bond motifs is 6. The molecule has 172 valence electrons. The van der Waals surface area contributed by atoms with E-state index in [1.165, 1.54) is 36.2 Å². The number of benzene rings is 2. The molecule has 0 N–H and O–H groups in total. The molecule has 0 saturated heterocycles.